The van der Waals surface area contributed by atoms with Crippen molar-refractivity contribution in [2.45, 2.75) is 0 Å². The number of hydrogen-bond acceptors (Lipinski definition) is 3. The molecule has 0 saturated carbocycles. The maximum absolute atomic E-state index is 10.8. The van der Waals surface area contributed by atoms with Crippen LogP contribution in [0, 0.1) is 0 Å². The van der Waals surface area contributed by atoms with E-state index in [-0.39, 0.29) is 22.1 Å². The van der Waals surface area contributed by atoms with Crippen molar-refractivity contribution in [3.63, 3.8) is 0 Å². The zero-order valence-corrected chi connectivity index (χ0v) is 8.19. The second-order valence-corrected chi connectivity index (χ2v) is 3.00. The van der Waals surface area contributed by atoms with Crippen molar-refractivity contribution in [3.05, 3.63) is 22.7 Å². The minimum absolute atomic E-state index is 0.0251. The van der Waals surface area contributed by atoms with Crippen LogP contribution >= 0.6 is 23.2 Å². The van der Waals surface area contributed by atoms with E-state index in [0.717, 1.165) is 0 Å². The van der Waals surface area contributed by atoms with Gasteiger partial charge in [-0.2, -0.15) is 0 Å². The summed E-state index contributed by atoms with van der Waals surface area (Å²) in [7, 11) is 1.34. The highest BCUT2D eigenvalue weighted by Crippen LogP contribution is 2.37. The van der Waals surface area contributed by atoms with E-state index < -0.39 is 5.24 Å². The lowest BCUT2D eigenvalue weighted by Crippen LogP contribution is -1.93. The van der Waals surface area contributed by atoms with Gasteiger partial charge in [0.15, 0.2) is 11.5 Å². The lowest BCUT2D eigenvalue weighted by Gasteiger charge is -2.07. The van der Waals surface area contributed by atoms with E-state index in [2.05, 4.69) is 0 Å². The van der Waals surface area contributed by atoms with Crippen LogP contribution in [-0.4, -0.2) is 17.5 Å². The Morgan fingerprint density at radius 1 is 1.54 bits per heavy atom. The van der Waals surface area contributed by atoms with Gasteiger partial charge in [-0.05, 0) is 23.7 Å². The number of methoxy groups -OCH3 is 1. The number of carbonyl (C=O) groups is 1. The minimum Gasteiger partial charge on any atom is -0.504 e. The lowest BCUT2D eigenvalue weighted by atomic mass is 10.2. The molecule has 0 fully saturated rings. The smallest absolute Gasteiger partial charge is 0.256 e. The Labute approximate surface area is 84.8 Å². The number of phenolic OH excluding ortho intramolecular Hbond substituents is 1. The van der Waals surface area contributed by atoms with E-state index >= 15 is 0 Å². The number of halogens is 2. The average Bonchev–Trinajstić information content (AvgIpc) is 2.04. The molecule has 0 aromatic heterocycles. The number of carbonyl (C=O) groups excluding carboxylic acids is 1. The van der Waals surface area contributed by atoms with E-state index in [1.54, 1.807) is 0 Å². The second kappa shape index (κ2) is 3.85. The van der Waals surface area contributed by atoms with Crippen LogP contribution in [0.2, 0.25) is 5.02 Å². The molecule has 70 valence electrons. The van der Waals surface area contributed by atoms with Gasteiger partial charge in [0.25, 0.3) is 5.24 Å². The van der Waals surface area contributed by atoms with Crippen LogP contribution in [0.15, 0.2) is 12.1 Å². The van der Waals surface area contributed by atoms with E-state index in [9.17, 15) is 9.90 Å². The Morgan fingerprint density at radius 3 is 2.62 bits per heavy atom. The molecule has 1 rings (SSSR count). The Balaban J connectivity index is 3.35. The van der Waals surface area contributed by atoms with Crippen LogP contribution < -0.4 is 4.74 Å². The van der Waals surface area contributed by atoms with Gasteiger partial charge in [-0.15, -0.1) is 0 Å². The summed E-state index contributed by atoms with van der Waals surface area (Å²) >= 11 is 10.9. The second-order valence-electron chi connectivity index (χ2n) is 2.25. The summed E-state index contributed by atoms with van der Waals surface area (Å²) in [6.07, 6.45) is 0. The Bertz CT molecular complexity index is 349. The molecule has 1 aromatic rings. The van der Waals surface area contributed by atoms with Gasteiger partial charge < -0.3 is 9.84 Å². The summed E-state index contributed by atoms with van der Waals surface area (Å²) in [5, 5.41) is 8.89. The summed E-state index contributed by atoms with van der Waals surface area (Å²) in [6.45, 7) is 0. The van der Waals surface area contributed by atoms with Crippen LogP contribution in [0.5, 0.6) is 11.5 Å². The first-order valence-electron chi connectivity index (χ1n) is 3.33. The summed E-state index contributed by atoms with van der Waals surface area (Å²) in [6, 6.07) is 2.76. The van der Waals surface area contributed by atoms with Gasteiger partial charge in [-0.1, -0.05) is 11.6 Å². The fraction of sp³-hybridized carbons (Fsp3) is 0.125. The van der Waals surface area contributed by atoms with Crippen molar-refractivity contribution in [1.29, 1.82) is 0 Å². The minimum atomic E-state index is -0.757. The van der Waals surface area contributed by atoms with E-state index in [0.29, 0.717) is 0 Å². The molecule has 0 spiro atoms. The number of rotatable bonds is 2. The first kappa shape index (κ1) is 10.2. The van der Waals surface area contributed by atoms with Gasteiger partial charge in [-0.25, -0.2) is 0 Å². The molecule has 0 aliphatic heterocycles. The van der Waals surface area contributed by atoms with Gasteiger partial charge in [0, 0.05) is 0 Å². The summed E-state index contributed by atoms with van der Waals surface area (Å²) in [5.41, 5.74) is -0.0251. The van der Waals surface area contributed by atoms with Crippen LogP contribution in [0.4, 0.5) is 0 Å². The molecule has 0 aliphatic carbocycles. The van der Waals surface area contributed by atoms with Gasteiger partial charge in [0.05, 0.1) is 17.7 Å². The molecule has 3 nitrogen and oxygen atoms in total. The number of phenols is 1. The van der Waals surface area contributed by atoms with E-state index in [1.807, 2.05) is 0 Å². The molecule has 0 radical (unpaired) electrons. The molecule has 5 heteroatoms. The van der Waals surface area contributed by atoms with Crippen molar-refractivity contribution in [3.8, 4) is 11.5 Å². The third-order valence-electron chi connectivity index (χ3n) is 1.50. The normalized spacial score (nSPS) is 9.77. The maximum atomic E-state index is 10.8. The first-order chi connectivity index (χ1) is 6.07. The van der Waals surface area contributed by atoms with Crippen LogP contribution in [0.1, 0.15) is 10.4 Å². The monoisotopic (exact) mass is 220 g/mol. The molecule has 0 bridgehead atoms. The molecule has 1 aromatic carbocycles. The number of benzene rings is 1. The Hall–Kier alpha value is -0.930. The third kappa shape index (κ3) is 1.87. The molecule has 13 heavy (non-hydrogen) atoms. The molecular formula is C8H6Cl2O3. The van der Waals surface area contributed by atoms with Crippen LogP contribution in [-0.2, 0) is 0 Å². The van der Waals surface area contributed by atoms with Gasteiger partial charge >= 0.3 is 0 Å². The number of hydrogen-bond donors (Lipinski definition) is 1. The molecule has 1 N–H and O–H groups in total. The van der Waals surface area contributed by atoms with Crippen LogP contribution in [0.3, 0.4) is 0 Å². The molecular weight excluding hydrogens is 215 g/mol. The number of aromatic hydroxyl groups is 1. The van der Waals surface area contributed by atoms with Crippen molar-refractivity contribution in [2.75, 3.05) is 7.11 Å². The summed E-state index contributed by atoms with van der Waals surface area (Å²) in [5.74, 6) is -0.289. The van der Waals surface area contributed by atoms with E-state index in [4.69, 9.17) is 27.9 Å². The molecule has 0 amide bonds. The molecule has 0 aliphatic rings. The molecule has 0 heterocycles. The summed E-state index contributed by atoms with van der Waals surface area (Å²) < 4.78 is 4.77. The maximum Gasteiger partial charge on any atom is 0.256 e. The predicted octanol–water partition coefficient (Wildman–Crippen LogP) is 2.43. The van der Waals surface area contributed by atoms with Gasteiger partial charge in [-0.3, -0.25) is 4.79 Å². The van der Waals surface area contributed by atoms with Crippen molar-refractivity contribution >= 4 is 28.4 Å². The SMILES string of the molecule is COc1c(Cl)ccc(C(=O)Cl)c1O. The molecule has 0 saturated heterocycles. The topological polar surface area (TPSA) is 46.5 Å². The summed E-state index contributed by atoms with van der Waals surface area (Å²) in [4.78, 5) is 10.8. The molecule has 0 unspecified atom stereocenters. The van der Waals surface area contributed by atoms with Gasteiger partial charge in [0.1, 0.15) is 0 Å². The van der Waals surface area contributed by atoms with Crippen molar-refractivity contribution in [1.82, 2.24) is 0 Å². The Kier molecular flexibility index (Phi) is 3.01. The highest BCUT2D eigenvalue weighted by atomic mass is 35.5. The van der Waals surface area contributed by atoms with E-state index in [1.165, 1.54) is 19.2 Å². The average molecular weight is 221 g/mol. The van der Waals surface area contributed by atoms with Crippen molar-refractivity contribution < 1.29 is 14.6 Å². The van der Waals surface area contributed by atoms with Gasteiger partial charge in [0.2, 0.25) is 0 Å². The number of ether oxygens (including phenoxy) is 1. The highest BCUT2D eigenvalue weighted by Gasteiger charge is 2.15. The Morgan fingerprint density at radius 2 is 2.15 bits per heavy atom. The van der Waals surface area contributed by atoms with Crippen LogP contribution in [0.25, 0.3) is 0 Å². The largest absolute Gasteiger partial charge is 0.504 e. The zero-order valence-electron chi connectivity index (χ0n) is 6.67. The fourth-order valence-electron chi connectivity index (χ4n) is 0.899. The third-order valence-corrected chi connectivity index (χ3v) is 2.00. The quantitative estimate of drug-likeness (QED) is 0.780. The molecule has 0 atom stereocenters. The fourth-order valence-corrected chi connectivity index (χ4v) is 1.28. The highest BCUT2D eigenvalue weighted by molar-refractivity contribution is 6.68. The predicted molar refractivity (Wildman–Crippen MR) is 49.9 cm³/mol. The zero-order chi connectivity index (χ0) is 10.0. The lowest BCUT2D eigenvalue weighted by molar-refractivity contribution is 0.107. The first-order valence-corrected chi connectivity index (χ1v) is 4.08. The van der Waals surface area contributed by atoms with Crippen molar-refractivity contribution in [2.24, 2.45) is 0 Å². The standard InChI is InChI=1S/C8H6Cl2O3/c1-13-7-5(9)3-2-4(6(7)11)8(10)12/h2-3,11H,1H3.